The molecule has 0 aromatic carbocycles. The average Bonchev–Trinajstić information content (AvgIpc) is 2.70. The Balaban J connectivity index is 2.79. The van der Waals surface area contributed by atoms with Gasteiger partial charge in [-0.3, -0.25) is 9.69 Å². The van der Waals surface area contributed by atoms with Gasteiger partial charge >= 0.3 is 0 Å². The molecule has 1 heterocycles. The van der Waals surface area contributed by atoms with Crippen LogP contribution < -0.4 is 11.1 Å². The molecule has 0 fully saturated rings. The molecule has 5 nitrogen and oxygen atoms in total. The SMILES string of the molecule is CC(=O)c1sc(NCCN(C(C)C)C(C)C)c(C#N)c1N. The largest absolute Gasteiger partial charge is 0.396 e. The molecule has 116 valence electrons. The van der Waals surface area contributed by atoms with Crippen molar-refractivity contribution in [3.05, 3.63) is 10.4 Å². The first-order valence-electron chi connectivity index (χ1n) is 7.12. The van der Waals surface area contributed by atoms with E-state index in [4.69, 9.17) is 5.73 Å². The summed E-state index contributed by atoms with van der Waals surface area (Å²) in [6.07, 6.45) is 0. The first-order valence-corrected chi connectivity index (χ1v) is 7.94. The molecule has 0 atom stereocenters. The molecule has 0 amide bonds. The summed E-state index contributed by atoms with van der Waals surface area (Å²) in [4.78, 5) is 14.3. The van der Waals surface area contributed by atoms with Crippen LogP contribution in [-0.4, -0.2) is 35.9 Å². The molecular weight excluding hydrogens is 284 g/mol. The predicted octanol–water partition coefficient (Wildman–Crippen LogP) is 2.94. The number of carbonyl (C=O) groups excluding carboxylic acids is 1. The highest BCUT2D eigenvalue weighted by Gasteiger charge is 2.19. The van der Waals surface area contributed by atoms with Crippen LogP contribution in [0.15, 0.2) is 0 Å². The molecule has 1 aromatic rings. The average molecular weight is 308 g/mol. The number of carbonyl (C=O) groups is 1. The van der Waals surface area contributed by atoms with E-state index in [2.05, 4.69) is 44.0 Å². The first-order chi connectivity index (χ1) is 9.79. The monoisotopic (exact) mass is 308 g/mol. The Kier molecular flexibility index (Phi) is 6.19. The van der Waals surface area contributed by atoms with E-state index in [1.807, 2.05) is 0 Å². The van der Waals surface area contributed by atoms with Gasteiger partial charge in [0.15, 0.2) is 5.78 Å². The fourth-order valence-corrected chi connectivity index (χ4v) is 3.34. The third kappa shape index (κ3) is 4.19. The van der Waals surface area contributed by atoms with Crippen molar-refractivity contribution in [3.8, 4) is 6.07 Å². The van der Waals surface area contributed by atoms with Crippen molar-refractivity contribution in [2.45, 2.75) is 46.7 Å². The van der Waals surface area contributed by atoms with Crippen molar-refractivity contribution < 1.29 is 4.79 Å². The van der Waals surface area contributed by atoms with Gasteiger partial charge in [-0.1, -0.05) is 0 Å². The van der Waals surface area contributed by atoms with Gasteiger partial charge in [0.1, 0.15) is 16.6 Å². The molecule has 3 N–H and O–H groups in total. The Morgan fingerprint density at radius 2 is 1.95 bits per heavy atom. The van der Waals surface area contributed by atoms with Crippen molar-refractivity contribution >= 4 is 27.8 Å². The summed E-state index contributed by atoms with van der Waals surface area (Å²) in [5.74, 6) is -0.104. The quantitative estimate of drug-likeness (QED) is 0.757. The van der Waals surface area contributed by atoms with Gasteiger partial charge < -0.3 is 11.1 Å². The van der Waals surface area contributed by atoms with Crippen LogP contribution in [0.2, 0.25) is 0 Å². The minimum Gasteiger partial charge on any atom is -0.396 e. The number of anilines is 2. The summed E-state index contributed by atoms with van der Waals surface area (Å²) in [5.41, 5.74) is 6.53. The van der Waals surface area contributed by atoms with Crippen LogP contribution in [0.25, 0.3) is 0 Å². The van der Waals surface area contributed by atoms with Crippen molar-refractivity contribution in [3.63, 3.8) is 0 Å². The molecule has 0 saturated carbocycles. The Labute approximate surface area is 130 Å². The molecule has 0 aliphatic heterocycles. The van der Waals surface area contributed by atoms with E-state index < -0.39 is 0 Å². The topological polar surface area (TPSA) is 82.2 Å². The molecule has 0 spiro atoms. The van der Waals surface area contributed by atoms with E-state index in [0.29, 0.717) is 39.8 Å². The number of ketones is 1. The number of rotatable bonds is 7. The maximum Gasteiger partial charge on any atom is 0.171 e. The molecule has 6 heteroatoms. The first kappa shape index (κ1) is 17.5. The summed E-state index contributed by atoms with van der Waals surface area (Å²) < 4.78 is 0. The lowest BCUT2D eigenvalue weighted by Crippen LogP contribution is -2.40. The second kappa shape index (κ2) is 7.43. The van der Waals surface area contributed by atoms with E-state index in [1.54, 1.807) is 0 Å². The number of Topliss-reactive ketones (excluding diaryl/α,β-unsaturated/α-hetero) is 1. The number of hydrogen-bond donors (Lipinski definition) is 2. The number of nitrogens with zero attached hydrogens (tertiary/aromatic N) is 2. The molecule has 0 aliphatic rings. The highest BCUT2D eigenvalue weighted by molar-refractivity contribution is 7.18. The summed E-state index contributed by atoms with van der Waals surface area (Å²) >= 11 is 1.26. The van der Waals surface area contributed by atoms with Crippen molar-refractivity contribution in [2.24, 2.45) is 0 Å². The van der Waals surface area contributed by atoms with Gasteiger partial charge in [0.05, 0.1) is 10.6 Å². The lowest BCUT2D eigenvalue weighted by molar-refractivity contribution is 0.102. The third-order valence-electron chi connectivity index (χ3n) is 3.36. The van der Waals surface area contributed by atoms with E-state index in [1.165, 1.54) is 18.3 Å². The zero-order valence-corrected chi connectivity index (χ0v) is 14.2. The normalized spacial score (nSPS) is 11.2. The van der Waals surface area contributed by atoms with Crippen LogP contribution in [0.3, 0.4) is 0 Å². The number of nitrogens with one attached hydrogen (secondary N) is 1. The van der Waals surface area contributed by atoms with Gasteiger partial charge in [-0.2, -0.15) is 5.26 Å². The Morgan fingerprint density at radius 1 is 1.38 bits per heavy atom. The molecule has 0 bridgehead atoms. The van der Waals surface area contributed by atoms with Crippen molar-refractivity contribution in [1.82, 2.24) is 4.90 Å². The molecule has 0 aliphatic carbocycles. The molecule has 0 unspecified atom stereocenters. The Bertz CT molecular complexity index is 535. The van der Waals surface area contributed by atoms with Crippen LogP contribution in [0.5, 0.6) is 0 Å². The van der Waals surface area contributed by atoms with E-state index in [0.717, 1.165) is 6.54 Å². The molecule has 1 rings (SSSR count). The number of nitrogens with two attached hydrogens (primary N) is 1. The van der Waals surface area contributed by atoms with Crippen LogP contribution in [-0.2, 0) is 0 Å². The summed E-state index contributed by atoms with van der Waals surface area (Å²) in [6, 6.07) is 3.00. The molecule has 0 radical (unpaired) electrons. The summed E-state index contributed by atoms with van der Waals surface area (Å²) in [5, 5.41) is 13.1. The van der Waals surface area contributed by atoms with Crippen LogP contribution in [0, 0.1) is 11.3 Å². The smallest absolute Gasteiger partial charge is 0.171 e. The van der Waals surface area contributed by atoms with Gasteiger partial charge in [0.25, 0.3) is 0 Å². The lowest BCUT2D eigenvalue weighted by atomic mass is 10.2. The zero-order chi connectivity index (χ0) is 16.2. The van der Waals surface area contributed by atoms with Gasteiger partial charge in [-0.25, -0.2) is 0 Å². The fraction of sp³-hybridized carbons (Fsp3) is 0.600. The highest BCUT2D eigenvalue weighted by Crippen LogP contribution is 2.35. The number of nitriles is 1. The summed E-state index contributed by atoms with van der Waals surface area (Å²) in [6.45, 7) is 11.7. The van der Waals surface area contributed by atoms with Gasteiger partial charge in [-0.05, 0) is 27.7 Å². The Hall–Kier alpha value is -1.58. The number of thiophene rings is 1. The maximum absolute atomic E-state index is 11.5. The van der Waals surface area contributed by atoms with E-state index in [-0.39, 0.29) is 5.78 Å². The standard InChI is InChI=1S/C15H24N4OS/c1-9(2)19(10(3)4)7-6-18-15-12(8-16)13(17)14(21-15)11(5)20/h9-10,18H,6-7,17H2,1-5H3. The second-order valence-electron chi connectivity index (χ2n) is 5.57. The third-order valence-corrected chi connectivity index (χ3v) is 4.62. The highest BCUT2D eigenvalue weighted by atomic mass is 32.1. The maximum atomic E-state index is 11.5. The fourth-order valence-electron chi connectivity index (χ4n) is 2.35. The minimum absolute atomic E-state index is 0.104. The van der Waals surface area contributed by atoms with Crippen LogP contribution in [0.1, 0.15) is 49.9 Å². The molecule has 21 heavy (non-hydrogen) atoms. The molecular formula is C15H24N4OS. The molecule has 0 saturated heterocycles. The zero-order valence-electron chi connectivity index (χ0n) is 13.4. The Morgan fingerprint density at radius 3 is 2.38 bits per heavy atom. The van der Waals surface area contributed by atoms with Gasteiger partial charge in [0, 0.05) is 32.1 Å². The predicted molar refractivity (Wildman–Crippen MR) is 88.9 cm³/mol. The number of nitrogen functional groups attached to an aromatic ring is 1. The van der Waals surface area contributed by atoms with Gasteiger partial charge in [0.2, 0.25) is 0 Å². The van der Waals surface area contributed by atoms with Crippen molar-refractivity contribution in [2.75, 3.05) is 24.1 Å². The van der Waals surface area contributed by atoms with E-state index in [9.17, 15) is 10.1 Å². The van der Waals surface area contributed by atoms with Crippen LogP contribution in [0.4, 0.5) is 10.7 Å². The minimum atomic E-state index is -0.104. The summed E-state index contributed by atoms with van der Waals surface area (Å²) in [7, 11) is 0. The van der Waals surface area contributed by atoms with Crippen molar-refractivity contribution in [1.29, 1.82) is 5.26 Å². The van der Waals surface area contributed by atoms with Gasteiger partial charge in [-0.15, -0.1) is 11.3 Å². The lowest BCUT2D eigenvalue weighted by Gasteiger charge is -2.30. The van der Waals surface area contributed by atoms with E-state index >= 15 is 0 Å². The second-order valence-corrected chi connectivity index (χ2v) is 6.59. The van der Waals surface area contributed by atoms with Crippen LogP contribution >= 0.6 is 11.3 Å². The number of hydrogen-bond acceptors (Lipinski definition) is 6. The molecule has 1 aromatic heterocycles.